The zero-order chi connectivity index (χ0) is 10.8. The van der Waals surface area contributed by atoms with Gasteiger partial charge in [0.15, 0.2) is 0 Å². The molecule has 0 radical (unpaired) electrons. The van der Waals surface area contributed by atoms with E-state index in [1.165, 1.54) is 6.07 Å². The average molecular weight is 317 g/mol. The van der Waals surface area contributed by atoms with Crippen LogP contribution in [0.25, 0.3) is 0 Å². The molecule has 0 atom stereocenters. The highest BCUT2D eigenvalue weighted by atomic mass is 127. The average Bonchev–Trinajstić information content (AvgIpc) is 2.02. The van der Waals surface area contributed by atoms with Crippen molar-refractivity contribution in [2.24, 2.45) is 0 Å². The summed E-state index contributed by atoms with van der Waals surface area (Å²) in [5.41, 5.74) is -0.923. The van der Waals surface area contributed by atoms with Gasteiger partial charge in [-0.15, -0.1) is 0 Å². The van der Waals surface area contributed by atoms with Crippen LogP contribution in [-0.2, 0) is 6.18 Å². The summed E-state index contributed by atoms with van der Waals surface area (Å²) in [5.74, 6) is 0.00623. The fourth-order valence-corrected chi connectivity index (χ4v) is 1.40. The summed E-state index contributed by atoms with van der Waals surface area (Å²) in [5, 5.41) is 0. The first-order valence-electron chi connectivity index (χ1n) is 3.81. The van der Waals surface area contributed by atoms with E-state index < -0.39 is 11.9 Å². The molecule has 0 aromatic carbocycles. The van der Waals surface area contributed by atoms with E-state index >= 15 is 0 Å². The maximum atomic E-state index is 12.3. The highest BCUT2D eigenvalue weighted by Crippen LogP contribution is 2.30. The lowest BCUT2D eigenvalue weighted by atomic mass is 10.3. The van der Waals surface area contributed by atoms with Gasteiger partial charge in [-0.1, -0.05) is 0 Å². The summed E-state index contributed by atoms with van der Waals surface area (Å²) in [4.78, 5) is 3.34. The van der Waals surface area contributed by atoms with E-state index in [0.29, 0.717) is 10.2 Å². The number of halogens is 4. The van der Waals surface area contributed by atoms with Crippen LogP contribution < -0.4 is 4.74 Å². The summed E-state index contributed by atoms with van der Waals surface area (Å²) in [6.45, 7) is 1.99. The Bertz CT molecular complexity index is 327. The van der Waals surface area contributed by atoms with Crippen molar-refractivity contribution in [1.29, 1.82) is 0 Å². The second-order valence-corrected chi connectivity index (χ2v) is 3.69. The van der Waals surface area contributed by atoms with Crippen molar-refractivity contribution in [1.82, 2.24) is 4.98 Å². The molecule has 6 heteroatoms. The smallest absolute Gasteiger partial charge is 0.433 e. The molecule has 0 unspecified atom stereocenters. The molecular weight excluding hydrogens is 310 g/mol. The standard InChI is InChI=1S/C8H7F3INO/c1-2-14-7-4-5(12)3-6(13-7)8(9,10)11/h3-4H,2H2,1H3. The second kappa shape index (κ2) is 4.33. The third-order valence-electron chi connectivity index (χ3n) is 1.35. The molecule has 0 aliphatic carbocycles. The van der Waals surface area contributed by atoms with Gasteiger partial charge in [-0.2, -0.15) is 13.2 Å². The van der Waals surface area contributed by atoms with Gasteiger partial charge in [-0.05, 0) is 35.6 Å². The van der Waals surface area contributed by atoms with E-state index in [2.05, 4.69) is 4.98 Å². The maximum Gasteiger partial charge on any atom is 0.433 e. The molecule has 78 valence electrons. The van der Waals surface area contributed by atoms with E-state index in [9.17, 15) is 13.2 Å². The number of hydrogen-bond acceptors (Lipinski definition) is 2. The molecule has 1 aromatic heterocycles. The molecule has 1 rings (SSSR count). The minimum Gasteiger partial charge on any atom is -0.478 e. The largest absolute Gasteiger partial charge is 0.478 e. The first-order valence-corrected chi connectivity index (χ1v) is 4.89. The topological polar surface area (TPSA) is 22.1 Å². The van der Waals surface area contributed by atoms with Crippen molar-refractivity contribution in [2.45, 2.75) is 13.1 Å². The number of nitrogens with zero attached hydrogens (tertiary/aromatic N) is 1. The molecule has 0 aliphatic heterocycles. The predicted molar refractivity (Wildman–Crippen MR) is 53.1 cm³/mol. The lowest BCUT2D eigenvalue weighted by molar-refractivity contribution is -0.141. The van der Waals surface area contributed by atoms with Crippen LogP contribution in [0, 0.1) is 3.57 Å². The van der Waals surface area contributed by atoms with Crippen LogP contribution in [0.15, 0.2) is 12.1 Å². The van der Waals surface area contributed by atoms with Gasteiger partial charge in [0.1, 0.15) is 5.69 Å². The fraction of sp³-hybridized carbons (Fsp3) is 0.375. The third-order valence-corrected chi connectivity index (χ3v) is 1.97. The molecule has 0 bridgehead atoms. The molecule has 1 aromatic rings. The molecule has 0 saturated heterocycles. The normalized spacial score (nSPS) is 11.5. The molecule has 2 nitrogen and oxygen atoms in total. The Morgan fingerprint density at radius 3 is 2.57 bits per heavy atom. The highest BCUT2D eigenvalue weighted by Gasteiger charge is 2.33. The summed E-state index contributed by atoms with van der Waals surface area (Å²) in [7, 11) is 0. The van der Waals surface area contributed by atoms with Gasteiger partial charge in [0, 0.05) is 9.64 Å². The molecule has 0 fully saturated rings. The SMILES string of the molecule is CCOc1cc(I)cc(C(F)(F)F)n1. The molecule has 0 saturated carbocycles. The third kappa shape index (κ3) is 3.00. The molecule has 14 heavy (non-hydrogen) atoms. The highest BCUT2D eigenvalue weighted by molar-refractivity contribution is 14.1. The van der Waals surface area contributed by atoms with E-state index in [1.54, 1.807) is 29.5 Å². The Labute approximate surface area is 92.6 Å². The molecule has 0 N–H and O–H groups in total. The number of aromatic nitrogens is 1. The predicted octanol–water partition coefficient (Wildman–Crippen LogP) is 3.10. The van der Waals surface area contributed by atoms with Gasteiger partial charge < -0.3 is 4.74 Å². The Morgan fingerprint density at radius 2 is 2.07 bits per heavy atom. The van der Waals surface area contributed by atoms with Gasteiger partial charge in [-0.25, -0.2) is 4.98 Å². The Morgan fingerprint density at radius 1 is 1.43 bits per heavy atom. The molecule has 0 amide bonds. The van der Waals surface area contributed by atoms with Crippen LogP contribution in [0.4, 0.5) is 13.2 Å². The van der Waals surface area contributed by atoms with Crippen molar-refractivity contribution >= 4 is 22.6 Å². The lowest BCUT2D eigenvalue weighted by Gasteiger charge is -2.08. The Kier molecular flexibility index (Phi) is 3.57. The monoisotopic (exact) mass is 317 g/mol. The quantitative estimate of drug-likeness (QED) is 0.782. The fourth-order valence-electron chi connectivity index (χ4n) is 0.841. The van der Waals surface area contributed by atoms with Gasteiger partial charge in [-0.3, -0.25) is 0 Å². The second-order valence-electron chi connectivity index (χ2n) is 2.44. The molecule has 1 heterocycles. The zero-order valence-electron chi connectivity index (χ0n) is 7.23. The van der Waals surface area contributed by atoms with E-state index in [4.69, 9.17) is 4.74 Å². The van der Waals surface area contributed by atoms with Crippen molar-refractivity contribution < 1.29 is 17.9 Å². The van der Waals surface area contributed by atoms with Crippen LogP contribution in [0.1, 0.15) is 12.6 Å². The minimum absolute atomic E-state index is 0.00623. The summed E-state index contributed by atoms with van der Waals surface area (Å²) in [6.07, 6.45) is -4.42. The Hall–Kier alpha value is -0.530. The molecule has 0 spiro atoms. The number of ether oxygens (including phenoxy) is 1. The first kappa shape index (κ1) is 11.5. The van der Waals surface area contributed by atoms with Crippen LogP contribution >= 0.6 is 22.6 Å². The van der Waals surface area contributed by atoms with Crippen LogP contribution in [-0.4, -0.2) is 11.6 Å². The van der Waals surface area contributed by atoms with Gasteiger partial charge in [0.2, 0.25) is 5.88 Å². The summed E-state index contributed by atoms with van der Waals surface area (Å²) >= 11 is 1.79. The number of rotatable bonds is 2. The van der Waals surface area contributed by atoms with Gasteiger partial charge in [0.05, 0.1) is 6.61 Å². The summed E-state index contributed by atoms with van der Waals surface area (Å²) < 4.78 is 42.2. The molecular formula is C8H7F3INO. The van der Waals surface area contributed by atoms with Crippen LogP contribution in [0.5, 0.6) is 5.88 Å². The number of hydrogen-bond donors (Lipinski definition) is 0. The van der Waals surface area contributed by atoms with Crippen molar-refractivity contribution in [2.75, 3.05) is 6.61 Å². The van der Waals surface area contributed by atoms with Gasteiger partial charge >= 0.3 is 6.18 Å². The number of pyridine rings is 1. The first-order chi connectivity index (χ1) is 6.43. The minimum atomic E-state index is -4.42. The maximum absolute atomic E-state index is 12.3. The van der Waals surface area contributed by atoms with Crippen molar-refractivity contribution in [3.63, 3.8) is 0 Å². The van der Waals surface area contributed by atoms with Crippen molar-refractivity contribution in [3.8, 4) is 5.88 Å². The van der Waals surface area contributed by atoms with Crippen LogP contribution in [0.3, 0.4) is 0 Å². The molecule has 0 aliphatic rings. The van der Waals surface area contributed by atoms with Gasteiger partial charge in [0.25, 0.3) is 0 Å². The zero-order valence-corrected chi connectivity index (χ0v) is 9.39. The van der Waals surface area contributed by atoms with E-state index in [0.717, 1.165) is 6.07 Å². The van der Waals surface area contributed by atoms with E-state index in [1.807, 2.05) is 0 Å². The lowest BCUT2D eigenvalue weighted by Crippen LogP contribution is -2.09. The number of alkyl halides is 3. The van der Waals surface area contributed by atoms with E-state index in [-0.39, 0.29) is 5.88 Å². The summed E-state index contributed by atoms with van der Waals surface area (Å²) in [6, 6.07) is 2.43. The Balaban J connectivity index is 3.07. The van der Waals surface area contributed by atoms with Crippen molar-refractivity contribution in [3.05, 3.63) is 21.4 Å². The van der Waals surface area contributed by atoms with Crippen LogP contribution in [0.2, 0.25) is 0 Å².